The lowest BCUT2D eigenvalue weighted by Crippen LogP contribution is -2.35. The van der Waals surface area contributed by atoms with Crippen LogP contribution in [0.4, 0.5) is 0 Å². The van der Waals surface area contributed by atoms with Crippen LogP contribution in [-0.2, 0) is 0 Å². The molecule has 0 spiro atoms. The fourth-order valence-electron chi connectivity index (χ4n) is 1.94. The van der Waals surface area contributed by atoms with Gasteiger partial charge in [0.1, 0.15) is 0 Å². The molecule has 0 bridgehead atoms. The molecule has 4 heteroatoms. The molecule has 1 aliphatic carbocycles. The minimum absolute atomic E-state index is 0.0811. The molecule has 2 rings (SSSR count). The molecule has 0 saturated heterocycles. The predicted octanol–water partition coefficient (Wildman–Crippen LogP) is 3.57. The van der Waals surface area contributed by atoms with E-state index in [1.807, 2.05) is 11.4 Å². The van der Waals surface area contributed by atoms with Crippen molar-refractivity contribution in [2.24, 2.45) is 0 Å². The molecule has 0 radical (unpaired) electrons. The van der Waals surface area contributed by atoms with Gasteiger partial charge in [0.25, 0.3) is 5.91 Å². The van der Waals surface area contributed by atoms with E-state index in [4.69, 9.17) is 0 Å². The van der Waals surface area contributed by atoms with E-state index >= 15 is 0 Å². The molecule has 1 aromatic rings. The highest BCUT2D eigenvalue weighted by atomic mass is 79.9. The van der Waals surface area contributed by atoms with E-state index in [2.05, 4.69) is 21.2 Å². The number of hydrogen-bond donors (Lipinski definition) is 1. The van der Waals surface area contributed by atoms with Crippen LogP contribution in [0, 0.1) is 0 Å². The first kappa shape index (κ1) is 11.1. The molecule has 1 amide bonds. The van der Waals surface area contributed by atoms with Gasteiger partial charge in [0.05, 0.1) is 4.88 Å². The molecule has 2 nitrogen and oxygen atoms in total. The Labute approximate surface area is 102 Å². The highest BCUT2D eigenvalue weighted by Crippen LogP contribution is 2.21. The van der Waals surface area contributed by atoms with E-state index in [0.29, 0.717) is 6.04 Å². The molecule has 0 atom stereocenters. The molecule has 1 fully saturated rings. The fourth-order valence-corrected chi connectivity index (χ4v) is 3.26. The molecule has 1 saturated carbocycles. The Morgan fingerprint density at radius 3 is 2.73 bits per heavy atom. The average molecular weight is 288 g/mol. The van der Waals surface area contributed by atoms with Crippen molar-refractivity contribution in [3.8, 4) is 0 Å². The number of carbonyl (C=O) groups is 1. The third-order valence-corrected chi connectivity index (χ3v) is 4.42. The van der Waals surface area contributed by atoms with E-state index in [-0.39, 0.29) is 5.91 Å². The standard InChI is InChI=1S/C11H14BrNOS/c12-8-6-10(15-7-8)11(14)13-9-4-2-1-3-5-9/h6-7,9H,1-5H2,(H,13,14). The topological polar surface area (TPSA) is 29.1 Å². The Morgan fingerprint density at radius 2 is 2.13 bits per heavy atom. The predicted molar refractivity (Wildman–Crippen MR) is 66.4 cm³/mol. The van der Waals surface area contributed by atoms with Gasteiger partial charge in [0, 0.05) is 15.9 Å². The summed E-state index contributed by atoms with van der Waals surface area (Å²) in [7, 11) is 0. The van der Waals surface area contributed by atoms with Crippen molar-refractivity contribution in [1.82, 2.24) is 5.32 Å². The Morgan fingerprint density at radius 1 is 1.40 bits per heavy atom. The summed E-state index contributed by atoms with van der Waals surface area (Å²) < 4.78 is 0.987. The fraction of sp³-hybridized carbons (Fsp3) is 0.545. The van der Waals surface area contributed by atoms with E-state index < -0.39 is 0 Å². The Hall–Kier alpha value is -0.350. The number of amides is 1. The van der Waals surface area contributed by atoms with Crippen LogP contribution in [0.3, 0.4) is 0 Å². The Kier molecular flexibility index (Phi) is 3.81. The van der Waals surface area contributed by atoms with E-state index in [1.165, 1.54) is 30.6 Å². The Bertz CT molecular complexity index is 344. The second-order valence-electron chi connectivity index (χ2n) is 3.94. The summed E-state index contributed by atoms with van der Waals surface area (Å²) in [5.74, 6) is 0.0811. The highest BCUT2D eigenvalue weighted by molar-refractivity contribution is 9.10. The van der Waals surface area contributed by atoms with Crippen LogP contribution in [0.25, 0.3) is 0 Å². The molecule has 0 aromatic carbocycles. The lowest BCUT2D eigenvalue weighted by molar-refractivity contribution is 0.0932. The first-order valence-corrected chi connectivity index (χ1v) is 6.98. The number of hydrogen-bond acceptors (Lipinski definition) is 2. The van der Waals surface area contributed by atoms with Crippen LogP contribution in [0.15, 0.2) is 15.9 Å². The third kappa shape index (κ3) is 3.05. The number of rotatable bonds is 2. The molecule has 0 aliphatic heterocycles. The molecule has 1 N–H and O–H groups in total. The van der Waals surface area contributed by atoms with E-state index in [1.54, 1.807) is 0 Å². The van der Waals surface area contributed by atoms with Crippen molar-refractivity contribution < 1.29 is 4.79 Å². The summed E-state index contributed by atoms with van der Waals surface area (Å²) in [5, 5.41) is 5.04. The average Bonchev–Trinajstić information content (AvgIpc) is 2.66. The van der Waals surface area contributed by atoms with Gasteiger partial charge in [0.2, 0.25) is 0 Å². The van der Waals surface area contributed by atoms with Gasteiger partial charge in [-0.05, 0) is 34.8 Å². The molecular weight excluding hydrogens is 274 g/mol. The van der Waals surface area contributed by atoms with Gasteiger partial charge in [-0.3, -0.25) is 4.79 Å². The van der Waals surface area contributed by atoms with E-state index in [9.17, 15) is 4.79 Å². The van der Waals surface area contributed by atoms with Crippen LogP contribution < -0.4 is 5.32 Å². The SMILES string of the molecule is O=C(NC1CCCCC1)c1cc(Br)cs1. The highest BCUT2D eigenvalue weighted by Gasteiger charge is 2.17. The van der Waals surface area contributed by atoms with Crippen molar-refractivity contribution in [1.29, 1.82) is 0 Å². The minimum atomic E-state index is 0.0811. The third-order valence-electron chi connectivity index (χ3n) is 2.73. The zero-order valence-corrected chi connectivity index (χ0v) is 10.9. The van der Waals surface area contributed by atoms with Crippen molar-refractivity contribution >= 4 is 33.2 Å². The van der Waals surface area contributed by atoms with Gasteiger partial charge in [-0.25, -0.2) is 0 Å². The first-order chi connectivity index (χ1) is 7.25. The monoisotopic (exact) mass is 287 g/mol. The molecule has 1 aromatic heterocycles. The molecular formula is C11H14BrNOS. The Balaban J connectivity index is 1.91. The first-order valence-electron chi connectivity index (χ1n) is 5.30. The molecule has 82 valence electrons. The number of thiophene rings is 1. The van der Waals surface area contributed by atoms with Gasteiger partial charge < -0.3 is 5.32 Å². The van der Waals surface area contributed by atoms with Gasteiger partial charge in [-0.1, -0.05) is 19.3 Å². The van der Waals surface area contributed by atoms with Gasteiger partial charge in [0.15, 0.2) is 0 Å². The maximum absolute atomic E-state index is 11.8. The minimum Gasteiger partial charge on any atom is -0.349 e. The van der Waals surface area contributed by atoms with Gasteiger partial charge >= 0.3 is 0 Å². The van der Waals surface area contributed by atoms with Crippen LogP contribution in [0.2, 0.25) is 0 Å². The van der Waals surface area contributed by atoms with Crippen molar-refractivity contribution in [2.75, 3.05) is 0 Å². The normalized spacial score (nSPS) is 17.7. The smallest absolute Gasteiger partial charge is 0.261 e. The summed E-state index contributed by atoms with van der Waals surface area (Å²) in [6.07, 6.45) is 6.09. The molecule has 15 heavy (non-hydrogen) atoms. The van der Waals surface area contributed by atoms with Crippen LogP contribution >= 0.6 is 27.3 Å². The van der Waals surface area contributed by atoms with Gasteiger partial charge in [-0.15, -0.1) is 11.3 Å². The lowest BCUT2D eigenvalue weighted by atomic mass is 9.95. The van der Waals surface area contributed by atoms with Crippen molar-refractivity contribution in [2.45, 2.75) is 38.1 Å². The summed E-state index contributed by atoms with van der Waals surface area (Å²) in [4.78, 5) is 12.6. The zero-order valence-electron chi connectivity index (χ0n) is 8.46. The van der Waals surface area contributed by atoms with Crippen LogP contribution in [-0.4, -0.2) is 11.9 Å². The maximum atomic E-state index is 11.8. The number of carbonyl (C=O) groups excluding carboxylic acids is 1. The van der Waals surface area contributed by atoms with Gasteiger partial charge in [-0.2, -0.15) is 0 Å². The summed E-state index contributed by atoms with van der Waals surface area (Å²) >= 11 is 4.84. The molecule has 1 aliphatic rings. The van der Waals surface area contributed by atoms with Crippen LogP contribution in [0.1, 0.15) is 41.8 Å². The summed E-state index contributed by atoms with van der Waals surface area (Å²) in [6, 6.07) is 2.27. The number of halogens is 1. The second-order valence-corrected chi connectivity index (χ2v) is 5.76. The van der Waals surface area contributed by atoms with Crippen LogP contribution in [0.5, 0.6) is 0 Å². The zero-order chi connectivity index (χ0) is 10.7. The van der Waals surface area contributed by atoms with Crippen molar-refractivity contribution in [3.05, 3.63) is 20.8 Å². The van der Waals surface area contributed by atoms with E-state index in [0.717, 1.165) is 22.2 Å². The largest absolute Gasteiger partial charge is 0.349 e. The second kappa shape index (κ2) is 5.12. The lowest BCUT2D eigenvalue weighted by Gasteiger charge is -2.22. The summed E-state index contributed by atoms with van der Waals surface area (Å²) in [6.45, 7) is 0. The molecule has 0 unspecified atom stereocenters. The number of nitrogens with one attached hydrogen (secondary N) is 1. The quantitative estimate of drug-likeness (QED) is 0.885. The summed E-state index contributed by atoms with van der Waals surface area (Å²) in [5.41, 5.74) is 0. The maximum Gasteiger partial charge on any atom is 0.261 e. The van der Waals surface area contributed by atoms with Crippen molar-refractivity contribution in [3.63, 3.8) is 0 Å². The molecule has 1 heterocycles.